The van der Waals surface area contributed by atoms with Crippen LogP contribution in [0.4, 0.5) is 0 Å². The van der Waals surface area contributed by atoms with Crippen LogP contribution in [0.15, 0.2) is 10.5 Å². The monoisotopic (exact) mass is 237 g/mol. The first-order chi connectivity index (χ1) is 7.99. The minimum Gasteiger partial charge on any atom is -0.481 e. The van der Waals surface area contributed by atoms with E-state index in [9.17, 15) is 9.59 Å². The summed E-state index contributed by atoms with van der Waals surface area (Å²) < 4.78 is 5.35. The normalized spacial score (nSPS) is 19.6. The van der Waals surface area contributed by atoms with Crippen molar-refractivity contribution in [2.75, 3.05) is 13.1 Å². The second-order valence-corrected chi connectivity index (χ2v) is 4.44. The summed E-state index contributed by atoms with van der Waals surface area (Å²) in [6, 6.07) is 1.80. The molecule has 0 spiro atoms. The van der Waals surface area contributed by atoms with Crippen LogP contribution in [0.3, 0.4) is 0 Å². The third-order valence-corrected chi connectivity index (χ3v) is 3.06. The highest BCUT2D eigenvalue weighted by Crippen LogP contribution is 2.22. The first-order valence-electron chi connectivity index (χ1n) is 5.58. The van der Waals surface area contributed by atoms with Crippen LogP contribution in [0.25, 0.3) is 0 Å². The van der Waals surface area contributed by atoms with Gasteiger partial charge in [-0.1, -0.05) is 0 Å². The Hall–Kier alpha value is -1.78. The molecular weight excluding hydrogens is 222 g/mol. The van der Waals surface area contributed by atoms with Crippen molar-refractivity contribution in [3.63, 3.8) is 0 Å². The molecule has 0 unspecified atom stereocenters. The third kappa shape index (κ3) is 2.18. The number of carbonyl (C=O) groups excluding carboxylic acids is 1. The van der Waals surface area contributed by atoms with Crippen LogP contribution < -0.4 is 0 Å². The summed E-state index contributed by atoms with van der Waals surface area (Å²) >= 11 is 0. The predicted molar refractivity (Wildman–Crippen MR) is 59.8 cm³/mol. The Bertz CT molecular complexity index is 463. The van der Waals surface area contributed by atoms with Crippen LogP contribution in [0.1, 0.15) is 28.3 Å². The number of carboxylic acids is 1. The summed E-state index contributed by atoms with van der Waals surface area (Å²) in [4.78, 5) is 24.5. The Morgan fingerprint density at radius 1 is 1.47 bits per heavy atom. The maximum absolute atomic E-state index is 12.1. The summed E-state index contributed by atoms with van der Waals surface area (Å²) in [6.45, 7) is 4.35. The van der Waals surface area contributed by atoms with Gasteiger partial charge in [0.05, 0.1) is 5.92 Å². The zero-order valence-electron chi connectivity index (χ0n) is 9.90. The fourth-order valence-corrected chi connectivity index (χ4v) is 2.14. The summed E-state index contributed by atoms with van der Waals surface area (Å²) in [5, 5.41) is 8.88. The fraction of sp³-hybridized carbons (Fsp3) is 0.500. The van der Waals surface area contributed by atoms with E-state index in [-0.39, 0.29) is 12.5 Å². The number of furan rings is 1. The van der Waals surface area contributed by atoms with Gasteiger partial charge in [-0.15, -0.1) is 0 Å². The Kier molecular flexibility index (Phi) is 2.92. The summed E-state index contributed by atoms with van der Waals surface area (Å²) in [5.41, 5.74) is 0.797. The number of aryl methyl sites for hydroxylation is 2. The highest BCUT2D eigenvalue weighted by molar-refractivity contribution is 5.93. The number of likely N-dealkylation sites (tertiary alicyclic amines) is 1. The molecule has 0 radical (unpaired) electrons. The van der Waals surface area contributed by atoms with Crippen molar-refractivity contribution in [3.05, 3.63) is 23.2 Å². The standard InChI is InChI=1S/C12H15NO4/c1-7-5-8(2)17-10(7)11(14)13-4-3-9(6-13)12(15)16/h5,9H,3-4,6H2,1-2H3,(H,15,16)/t9-/m0/s1. The van der Waals surface area contributed by atoms with Crippen molar-refractivity contribution in [2.45, 2.75) is 20.3 Å². The smallest absolute Gasteiger partial charge is 0.308 e. The van der Waals surface area contributed by atoms with Gasteiger partial charge in [-0.2, -0.15) is 0 Å². The van der Waals surface area contributed by atoms with Crippen LogP contribution in [-0.2, 0) is 4.79 Å². The van der Waals surface area contributed by atoms with E-state index in [2.05, 4.69) is 0 Å². The first kappa shape index (κ1) is 11.7. The molecule has 0 bridgehead atoms. The lowest BCUT2D eigenvalue weighted by Gasteiger charge is -2.14. The molecule has 1 aromatic rings. The molecule has 1 aliphatic rings. The summed E-state index contributed by atoms with van der Waals surface area (Å²) in [6.07, 6.45) is 0.514. The second kappa shape index (κ2) is 4.24. The summed E-state index contributed by atoms with van der Waals surface area (Å²) in [5.74, 6) is -0.476. The van der Waals surface area contributed by atoms with E-state index in [0.29, 0.717) is 24.5 Å². The molecule has 0 aromatic carbocycles. The second-order valence-electron chi connectivity index (χ2n) is 4.44. The van der Waals surface area contributed by atoms with Crippen LogP contribution in [0.5, 0.6) is 0 Å². The number of hydrogen-bond donors (Lipinski definition) is 1. The molecule has 2 heterocycles. The number of hydrogen-bond acceptors (Lipinski definition) is 3. The van der Waals surface area contributed by atoms with Gasteiger partial charge in [0.2, 0.25) is 0 Å². The minimum absolute atomic E-state index is 0.209. The highest BCUT2D eigenvalue weighted by Gasteiger charge is 2.32. The van der Waals surface area contributed by atoms with Crippen LogP contribution in [0, 0.1) is 19.8 Å². The largest absolute Gasteiger partial charge is 0.481 e. The van der Waals surface area contributed by atoms with Gasteiger partial charge >= 0.3 is 5.97 Å². The molecule has 1 fully saturated rings. The fourth-order valence-electron chi connectivity index (χ4n) is 2.14. The van der Waals surface area contributed by atoms with Crippen LogP contribution in [0.2, 0.25) is 0 Å². The number of rotatable bonds is 2. The Morgan fingerprint density at radius 3 is 2.65 bits per heavy atom. The first-order valence-corrected chi connectivity index (χ1v) is 5.58. The molecule has 0 saturated carbocycles. The number of amides is 1. The number of nitrogens with zero attached hydrogens (tertiary/aromatic N) is 1. The lowest BCUT2D eigenvalue weighted by molar-refractivity contribution is -0.141. The van der Waals surface area contributed by atoms with Gasteiger partial charge in [-0.25, -0.2) is 0 Å². The van der Waals surface area contributed by atoms with Gasteiger partial charge in [0.15, 0.2) is 5.76 Å². The number of carboxylic acid groups (broad SMARTS) is 1. The van der Waals surface area contributed by atoms with E-state index >= 15 is 0 Å². The van der Waals surface area contributed by atoms with E-state index in [4.69, 9.17) is 9.52 Å². The van der Waals surface area contributed by atoms with Crippen LogP contribution >= 0.6 is 0 Å². The van der Waals surface area contributed by atoms with E-state index in [1.165, 1.54) is 0 Å². The quantitative estimate of drug-likeness (QED) is 0.845. The molecule has 2 rings (SSSR count). The van der Waals surface area contributed by atoms with Crippen molar-refractivity contribution < 1.29 is 19.1 Å². The SMILES string of the molecule is Cc1cc(C)c(C(=O)N2CC[C@H](C(=O)O)C2)o1. The van der Waals surface area contributed by atoms with Crippen molar-refractivity contribution in [1.29, 1.82) is 0 Å². The van der Waals surface area contributed by atoms with Crippen LogP contribution in [-0.4, -0.2) is 35.0 Å². The molecule has 1 atom stereocenters. The number of carbonyl (C=O) groups is 2. The molecule has 1 aliphatic heterocycles. The Labute approximate surface area is 99.0 Å². The predicted octanol–water partition coefficient (Wildman–Crippen LogP) is 1.44. The topological polar surface area (TPSA) is 70.8 Å². The van der Waals surface area contributed by atoms with Gasteiger partial charge in [0.1, 0.15) is 5.76 Å². The van der Waals surface area contributed by atoms with Gasteiger partial charge in [-0.05, 0) is 26.3 Å². The van der Waals surface area contributed by atoms with Gasteiger partial charge < -0.3 is 14.4 Å². The van der Waals surface area contributed by atoms with Gasteiger partial charge in [-0.3, -0.25) is 9.59 Å². The molecule has 1 amide bonds. The Morgan fingerprint density at radius 2 is 2.18 bits per heavy atom. The zero-order chi connectivity index (χ0) is 12.6. The average molecular weight is 237 g/mol. The molecule has 5 heteroatoms. The van der Waals surface area contributed by atoms with Crippen molar-refractivity contribution in [1.82, 2.24) is 4.90 Å². The summed E-state index contributed by atoms with van der Waals surface area (Å²) in [7, 11) is 0. The third-order valence-electron chi connectivity index (χ3n) is 3.06. The maximum atomic E-state index is 12.1. The zero-order valence-corrected chi connectivity index (χ0v) is 9.90. The molecule has 1 saturated heterocycles. The number of aliphatic carboxylic acids is 1. The molecule has 0 aliphatic carbocycles. The lowest BCUT2D eigenvalue weighted by atomic mass is 10.1. The Balaban J connectivity index is 2.12. The van der Waals surface area contributed by atoms with E-state index in [0.717, 1.165) is 5.56 Å². The van der Waals surface area contributed by atoms with Crippen molar-refractivity contribution >= 4 is 11.9 Å². The molecule has 5 nitrogen and oxygen atoms in total. The maximum Gasteiger partial charge on any atom is 0.308 e. The van der Waals surface area contributed by atoms with Crippen molar-refractivity contribution in [2.24, 2.45) is 5.92 Å². The molecule has 92 valence electrons. The van der Waals surface area contributed by atoms with Gasteiger partial charge in [0, 0.05) is 18.7 Å². The molecule has 17 heavy (non-hydrogen) atoms. The molecular formula is C12H15NO4. The van der Waals surface area contributed by atoms with E-state index in [1.807, 2.05) is 6.92 Å². The van der Waals surface area contributed by atoms with E-state index < -0.39 is 11.9 Å². The minimum atomic E-state index is -0.840. The average Bonchev–Trinajstić information content (AvgIpc) is 2.84. The molecule has 1 N–H and O–H groups in total. The van der Waals surface area contributed by atoms with Crippen molar-refractivity contribution in [3.8, 4) is 0 Å². The highest BCUT2D eigenvalue weighted by atomic mass is 16.4. The van der Waals surface area contributed by atoms with E-state index in [1.54, 1.807) is 17.9 Å². The van der Waals surface area contributed by atoms with Gasteiger partial charge in [0.25, 0.3) is 5.91 Å². The molecule has 1 aromatic heterocycles. The lowest BCUT2D eigenvalue weighted by Crippen LogP contribution is -2.30.